The molecule has 0 unspecified atom stereocenters. The van der Waals surface area contributed by atoms with Crippen molar-refractivity contribution in [1.29, 1.82) is 0 Å². The molecule has 0 aromatic heterocycles. The van der Waals surface area contributed by atoms with Gasteiger partial charge in [-0.15, -0.1) is 0 Å². The summed E-state index contributed by atoms with van der Waals surface area (Å²) in [5, 5.41) is 2.90. The lowest BCUT2D eigenvalue weighted by atomic mass is 9.90. The maximum absolute atomic E-state index is 12.8. The van der Waals surface area contributed by atoms with E-state index in [2.05, 4.69) is 40.5 Å². The average molecular weight is 487 g/mol. The zero-order valence-corrected chi connectivity index (χ0v) is 21.4. The predicted octanol–water partition coefficient (Wildman–Crippen LogP) is 3.07. The van der Waals surface area contributed by atoms with Crippen LogP contribution in [0.15, 0.2) is 54.6 Å². The highest BCUT2D eigenvalue weighted by Crippen LogP contribution is 2.22. The van der Waals surface area contributed by atoms with Crippen molar-refractivity contribution in [1.82, 2.24) is 14.5 Å². The summed E-state index contributed by atoms with van der Waals surface area (Å²) < 4.78 is 27.9. The van der Waals surface area contributed by atoms with Crippen molar-refractivity contribution in [3.63, 3.8) is 0 Å². The highest BCUT2D eigenvalue weighted by Gasteiger charge is 2.27. The summed E-state index contributed by atoms with van der Waals surface area (Å²) in [6.07, 6.45) is 4.41. The lowest BCUT2D eigenvalue weighted by molar-refractivity contribution is -0.119. The molecule has 8 heteroatoms. The van der Waals surface area contributed by atoms with Gasteiger partial charge < -0.3 is 10.2 Å². The number of nitrogens with zero attached hydrogens (tertiary/aromatic N) is 3. The number of amides is 1. The lowest BCUT2D eigenvalue weighted by Gasteiger charge is -2.32. The third kappa shape index (κ3) is 7.55. The molecule has 1 saturated heterocycles. The first-order valence-electron chi connectivity index (χ1n) is 12.1. The van der Waals surface area contributed by atoms with E-state index in [1.54, 1.807) is 12.1 Å². The van der Waals surface area contributed by atoms with Crippen LogP contribution in [0.2, 0.25) is 0 Å². The molecule has 1 fully saturated rings. The first kappa shape index (κ1) is 26.2. The Hall–Kier alpha value is -2.42. The smallest absolute Gasteiger partial charge is 0.304 e. The van der Waals surface area contributed by atoms with Gasteiger partial charge in [0.15, 0.2) is 0 Å². The second-order valence-corrected chi connectivity index (χ2v) is 11.4. The number of nitrogens with one attached hydrogen (secondary N) is 1. The standard InChI is InChI=1S/C26H38N4O3S/c1-22-10-12-25(13-11-22)30(34(32,33)28(2)3)21-26(31)27-16-7-17-29-18-14-24(15-19-29)20-23-8-5-4-6-9-23/h4-6,8-13,24H,7,14-21H2,1-3H3,(H,27,31). The quantitative estimate of drug-likeness (QED) is 0.496. The van der Waals surface area contributed by atoms with Crippen molar-refractivity contribution in [3.05, 3.63) is 65.7 Å². The Morgan fingerprint density at radius 2 is 1.68 bits per heavy atom. The third-order valence-electron chi connectivity index (χ3n) is 6.40. The summed E-state index contributed by atoms with van der Waals surface area (Å²) in [4.78, 5) is 15.0. The highest BCUT2D eigenvalue weighted by atomic mass is 32.2. The minimum absolute atomic E-state index is 0.242. The molecule has 0 aliphatic carbocycles. The van der Waals surface area contributed by atoms with Crippen LogP contribution < -0.4 is 9.62 Å². The predicted molar refractivity (Wildman–Crippen MR) is 138 cm³/mol. The van der Waals surface area contributed by atoms with Crippen molar-refractivity contribution >= 4 is 21.8 Å². The van der Waals surface area contributed by atoms with Gasteiger partial charge in [-0.3, -0.25) is 4.79 Å². The van der Waals surface area contributed by atoms with Gasteiger partial charge in [0.25, 0.3) is 0 Å². The summed E-state index contributed by atoms with van der Waals surface area (Å²) >= 11 is 0. The summed E-state index contributed by atoms with van der Waals surface area (Å²) in [7, 11) is -0.839. The largest absolute Gasteiger partial charge is 0.354 e. The number of hydrogen-bond donors (Lipinski definition) is 1. The van der Waals surface area contributed by atoms with Crippen LogP contribution in [0.5, 0.6) is 0 Å². The van der Waals surface area contributed by atoms with Gasteiger partial charge in [-0.1, -0.05) is 48.0 Å². The maximum Gasteiger partial charge on any atom is 0.304 e. The average Bonchev–Trinajstić information content (AvgIpc) is 2.82. The number of carbonyl (C=O) groups excluding carboxylic acids is 1. The van der Waals surface area contributed by atoms with Gasteiger partial charge >= 0.3 is 10.2 Å². The second kappa shape index (κ2) is 12.3. The first-order valence-corrected chi connectivity index (χ1v) is 13.4. The fourth-order valence-electron chi connectivity index (χ4n) is 4.29. The molecule has 2 aromatic carbocycles. The molecule has 0 atom stereocenters. The van der Waals surface area contributed by atoms with E-state index in [0.29, 0.717) is 12.2 Å². The SMILES string of the molecule is Cc1ccc(N(CC(=O)NCCCN2CCC(Cc3ccccc3)CC2)S(=O)(=O)N(C)C)cc1. The van der Waals surface area contributed by atoms with Crippen LogP contribution in [0.4, 0.5) is 5.69 Å². The van der Waals surface area contributed by atoms with Crippen molar-refractivity contribution in [3.8, 4) is 0 Å². The van der Waals surface area contributed by atoms with Crippen LogP contribution in [0.25, 0.3) is 0 Å². The molecule has 1 aliphatic rings. The molecule has 1 aliphatic heterocycles. The normalized spacial score (nSPS) is 15.4. The van der Waals surface area contributed by atoms with E-state index in [1.807, 2.05) is 19.1 Å². The van der Waals surface area contributed by atoms with E-state index >= 15 is 0 Å². The van der Waals surface area contributed by atoms with Gasteiger partial charge in [-0.2, -0.15) is 12.7 Å². The van der Waals surface area contributed by atoms with Crippen molar-refractivity contribution in [2.75, 3.05) is 51.1 Å². The Morgan fingerprint density at radius 1 is 1.03 bits per heavy atom. The molecular formula is C26H38N4O3S. The fraction of sp³-hybridized carbons (Fsp3) is 0.500. The molecule has 0 saturated carbocycles. The molecular weight excluding hydrogens is 448 g/mol. The van der Waals surface area contributed by atoms with E-state index in [0.717, 1.165) is 52.6 Å². The molecule has 0 radical (unpaired) electrons. The van der Waals surface area contributed by atoms with E-state index < -0.39 is 10.2 Å². The minimum Gasteiger partial charge on any atom is -0.354 e. The molecule has 3 rings (SSSR count). The second-order valence-electron chi connectivity index (χ2n) is 9.31. The van der Waals surface area contributed by atoms with Crippen molar-refractivity contribution < 1.29 is 13.2 Å². The molecule has 34 heavy (non-hydrogen) atoms. The van der Waals surface area contributed by atoms with Crippen LogP contribution in [0.3, 0.4) is 0 Å². The number of rotatable bonds is 11. The molecule has 186 valence electrons. The van der Waals surface area contributed by atoms with Gasteiger partial charge in [0.2, 0.25) is 5.91 Å². The van der Waals surface area contributed by atoms with E-state index in [1.165, 1.54) is 32.5 Å². The molecule has 1 amide bonds. The van der Waals surface area contributed by atoms with Gasteiger partial charge in [0.1, 0.15) is 6.54 Å². The van der Waals surface area contributed by atoms with Crippen molar-refractivity contribution in [2.24, 2.45) is 5.92 Å². The van der Waals surface area contributed by atoms with E-state index in [-0.39, 0.29) is 12.5 Å². The Bertz CT molecular complexity index is 1000. The first-order chi connectivity index (χ1) is 16.3. The van der Waals surface area contributed by atoms with Crippen LogP contribution in [-0.2, 0) is 21.4 Å². The Labute approximate surface area is 204 Å². The Balaban J connectivity index is 1.41. The monoisotopic (exact) mass is 486 g/mol. The summed E-state index contributed by atoms with van der Waals surface area (Å²) in [5.41, 5.74) is 2.92. The zero-order valence-electron chi connectivity index (χ0n) is 20.6. The zero-order chi connectivity index (χ0) is 24.6. The topological polar surface area (TPSA) is 73.0 Å². The Morgan fingerprint density at radius 3 is 2.29 bits per heavy atom. The van der Waals surface area contributed by atoms with Gasteiger partial charge in [0.05, 0.1) is 5.69 Å². The summed E-state index contributed by atoms with van der Waals surface area (Å²) in [6, 6.07) is 17.8. The number of carbonyl (C=O) groups is 1. The number of benzene rings is 2. The third-order valence-corrected chi connectivity index (χ3v) is 8.22. The number of piperidine rings is 1. The molecule has 0 spiro atoms. The van der Waals surface area contributed by atoms with Crippen LogP contribution >= 0.6 is 0 Å². The summed E-state index contributed by atoms with van der Waals surface area (Å²) in [6.45, 7) is 5.35. The van der Waals surface area contributed by atoms with Gasteiger partial charge in [-0.25, -0.2) is 4.31 Å². The van der Waals surface area contributed by atoms with Gasteiger partial charge in [0, 0.05) is 20.6 Å². The highest BCUT2D eigenvalue weighted by molar-refractivity contribution is 7.90. The number of likely N-dealkylation sites (tertiary alicyclic amines) is 1. The number of anilines is 1. The van der Waals surface area contributed by atoms with Crippen LogP contribution in [0, 0.1) is 12.8 Å². The lowest BCUT2D eigenvalue weighted by Crippen LogP contribution is -2.46. The van der Waals surface area contributed by atoms with Crippen molar-refractivity contribution in [2.45, 2.75) is 32.6 Å². The number of hydrogen-bond acceptors (Lipinski definition) is 4. The minimum atomic E-state index is -3.78. The summed E-state index contributed by atoms with van der Waals surface area (Å²) in [5.74, 6) is 0.442. The molecule has 7 nitrogen and oxygen atoms in total. The van der Waals surface area contributed by atoms with E-state index in [4.69, 9.17) is 0 Å². The van der Waals surface area contributed by atoms with Crippen LogP contribution in [0.1, 0.15) is 30.4 Å². The number of aryl methyl sites for hydroxylation is 1. The molecule has 1 N–H and O–H groups in total. The molecule has 2 aromatic rings. The maximum atomic E-state index is 12.8. The molecule has 0 bridgehead atoms. The Kier molecular flexibility index (Phi) is 9.50. The van der Waals surface area contributed by atoms with E-state index in [9.17, 15) is 13.2 Å². The van der Waals surface area contributed by atoms with Crippen LogP contribution in [-0.4, -0.2) is 70.3 Å². The molecule has 1 heterocycles. The fourth-order valence-corrected chi connectivity index (χ4v) is 5.36. The van der Waals surface area contributed by atoms with Gasteiger partial charge in [-0.05, 0) is 75.9 Å².